The number of carbonyl (C=O) groups excluding carboxylic acids is 1. The predicted octanol–water partition coefficient (Wildman–Crippen LogP) is 1.71. The highest BCUT2D eigenvalue weighted by molar-refractivity contribution is 7.89. The van der Waals surface area contributed by atoms with Crippen molar-refractivity contribution in [2.45, 2.75) is 31.3 Å². The first-order valence-electron chi connectivity index (χ1n) is 6.59. The lowest BCUT2D eigenvalue weighted by atomic mass is 10.2. The molecule has 9 heteroatoms. The van der Waals surface area contributed by atoms with Gasteiger partial charge in [-0.25, -0.2) is 13.2 Å². The SMILES string of the molecule is COc1ccc(S(=O)(=O)N(CC(=O)O)C(=O)OC(C)(C)C)cc1. The van der Waals surface area contributed by atoms with Gasteiger partial charge in [-0.2, -0.15) is 4.31 Å². The Bertz CT molecular complexity index is 674. The van der Waals surface area contributed by atoms with Gasteiger partial charge in [0.25, 0.3) is 10.0 Å². The highest BCUT2D eigenvalue weighted by Gasteiger charge is 2.34. The molecule has 0 saturated heterocycles. The molecule has 8 nitrogen and oxygen atoms in total. The zero-order chi connectivity index (χ0) is 17.8. The molecule has 1 aromatic rings. The van der Waals surface area contributed by atoms with E-state index < -0.39 is 34.2 Å². The van der Waals surface area contributed by atoms with Crippen LogP contribution in [0.3, 0.4) is 0 Å². The van der Waals surface area contributed by atoms with Crippen molar-refractivity contribution in [1.29, 1.82) is 0 Å². The molecule has 1 rings (SSSR count). The molecule has 0 heterocycles. The third-order valence-corrected chi connectivity index (χ3v) is 4.25. The van der Waals surface area contributed by atoms with E-state index in [0.717, 1.165) is 0 Å². The second-order valence-electron chi connectivity index (χ2n) is 5.56. The smallest absolute Gasteiger partial charge is 0.424 e. The Morgan fingerprint density at radius 1 is 1.17 bits per heavy atom. The molecule has 0 aliphatic rings. The Morgan fingerprint density at radius 2 is 1.70 bits per heavy atom. The number of carboxylic acids is 1. The summed E-state index contributed by atoms with van der Waals surface area (Å²) in [5.41, 5.74) is -0.969. The van der Waals surface area contributed by atoms with E-state index in [9.17, 15) is 18.0 Å². The fraction of sp³-hybridized carbons (Fsp3) is 0.429. The maximum atomic E-state index is 12.5. The highest BCUT2D eigenvalue weighted by atomic mass is 32.2. The summed E-state index contributed by atoms with van der Waals surface area (Å²) < 4.78 is 35.1. The van der Waals surface area contributed by atoms with Gasteiger partial charge in [0, 0.05) is 0 Å². The molecular formula is C14H19NO7S. The molecule has 1 amide bonds. The van der Waals surface area contributed by atoms with Crippen LogP contribution in [0, 0.1) is 0 Å². The minimum Gasteiger partial charge on any atom is -0.497 e. The van der Waals surface area contributed by atoms with Crippen molar-refractivity contribution in [2.24, 2.45) is 0 Å². The van der Waals surface area contributed by atoms with E-state index >= 15 is 0 Å². The van der Waals surface area contributed by atoms with Gasteiger partial charge in [0.1, 0.15) is 17.9 Å². The van der Waals surface area contributed by atoms with Crippen molar-refractivity contribution in [1.82, 2.24) is 4.31 Å². The summed E-state index contributed by atoms with van der Waals surface area (Å²) in [6, 6.07) is 5.21. The molecule has 0 unspecified atom stereocenters. The molecule has 1 aromatic carbocycles. The number of ether oxygens (including phenoxy) is 2. The molecule has 1 N–H and O–H groups in total. The van der Waals surface area contributed by atoms with Gasteiger partial charge in [0.15, 0.2) is 0 Å². The van der Waals surface area contributed by atoms with Crippen LogP contribution in [-0.4, -0.2) is 49.1 Å². The zero-order valence-electron chi connectivity index (χ0n) is 13.3. The van der Waals surface area contributed by atoms with Crippen molar-refractivity contribution >= 4 is 22.1 Å². The van der Waals surface area contributed by atoms with Crippen LogP contribution in [0.15, 0.2) is 29.2 Å². The van der Waals surface area contributed by atoms with Gasteiger partial charge in [-0.1, -0.05) is 0 Å². The van der Waals surface area contributed by atoms with Gasteiger partial charge in [-0.05, 0) is 45.0 Å². The summed E-state index contributed by atoms with van der Waals surface area (Å²) in [5.74, 6) is -1.06. The molecule has 23 heavy (non-hydrogen) atoms. The average molecular weight is 345 g/mol. The maximum absolute atomic E-state index is 12.5. The summed E-state index contributed by atoms with van der Waals surface area (Å²) in [7, 11) is -2.95. The highest BCUT2D eigenvalue weighted by Crippen LogP contribution is 2.21. The number of nitrogens with zero attached hydrogens (tertiary/aromatic N) is 1. The number of benzene rings is 1. The number of hydrogen-bond donors (Lipinski definition) is 1. The molecule has 0 aliphatic carbocycles. The number of rotatable bonds is 5. The van der Waals surface area contributed by atoms with Crippen LogP contribution in [0.1, 0.15) is 20.8 Å². The first-order valence-corrected chi connectivity index (χ1v) is 8.03. The summed E-state index contributed by atoms with van der Waals surface area (Å²) in [4.78, 5) is 22.8. The number of hydrogen-bond acceptors (Lipinski definition) is 6. The normalized spacial score (nSPS) is 11.7. The summed E-state index contributed by atoms with van der Waals surface area (Å²) in [5, 5.41) is 8.89. The van der Waals surface area contributed by atoms with Gasteiger partial charge in [0.2, 0.25) is 0 Å². The Morgan fingerprint density at radius 3 is 2.09 bits per heavy atom. The minimum absolute atomic E-state index is 0.183. The van der Waals surface area contributed by atoms with Crippen LogP contribution < -0.4 is 4.74 Å². The molecule has 0 spiro atoms. The molecule has 0 bridgehead atoms. The molecule has 0 aromatic heterocycles. The largest absolute Gasteiger partial charge is 0.497 e. The van der Waals surface area contributed by atoms with E-state index in [1.807, 2.05) is 0 Å². The molecule has 128 valence electrons. The maximum Gasteiger partial charge on any atom is 0.424 e. The Hall–Kier alpha value is -2.29. The third-order valence-electron chi connectivity index (χ3n) is 2.52. The monoisotopic (exact) mass is 345 g/mol. The fourth-order valence-electron chi connectivity index (χ4n) is 1.56. The Kier molecular flexibility index (Phi) is 5.60. The number of aliphatic carboxylic acids is 1. The first kappa shape index (κ1) is 18.8. The Labute approximate surface area is 134 Å². The van der Waals surface area contributed by atoms with E-state index in [4.69, 9.17) is 14.6 Å². The van der Waals surface area contributed by atoms with E-state index in [1.54, 1.807) is 20.8 Å². The summed E-state index contributed by atoms with van der Waals surface area (Å²) in [6.45, 7) is 3.60. The van der Waals surface area contributed by atoms with Crippen LogP contribution in [0.4, 0.5) is 4.79 Å². The van der Waals surface area contributed by atoms with Crippen LogP contribution in [0.2, 0.25) is 0 Å². The van der Waals surface area contributed by atoms with Crippen molar-refractivity contribution in [3.63, 3.8) is 0 Å². The lowest BCUT2D eigenvalue weighted by Crippen LogP contribution is -2.43. The van der Waals surface area contributed by atoms with Crippen molar-refractivity contribution in [3.8, 4) is 5.75 Å². The predicted molar refractivity (Wildman–Crippen MR) is 80.8 cm³/mol. The number of carbonyl (C=O) groups is 2. The number of methoxy groups -OCH3 is 1. The summed E-state index contributed by atoms with van der Waals surface area (Å²) in [6.07, 6.45) is -1.25. The average Bonchev–Trinajstić information content (AvgIpc) is 2.42. The van der Waals surface area contributed by atoms with Gasteiger partial charge in [0.05, 0.1) is 12.0 Å². The first-order chi connectivity index (χ1) is 10.5. The van der Waals surface area contributed by atoms with Crippen LogP contribution >= 0.6 is 0 Å². The fourth-order valence-corrected chi connectivity index (χ4v) is 2.81. The van der Waals surface area contributed by atoms with E-state index in [1.165, 1.54) is 31.4 Å². The van der Waals surface area contributed by atoms with Gasteiger partial charge >= 0.3 is 12.1 Å². The molecule has 0 aliphatic heterocycles. The third kappa shape index (κ3) is 5.13. The van der Waals surface area contributed by atoms with Crippen molar-refractivity contribution in [2.75, 3.05) is 13.7 Å². The molecular weight excluding hydrogens is 326 g/mol. The van der Waals surface area contributed by atoms with Crippen LogP contribution in [0.5, 0.6) is 5.75 Å². The second-order valence-corrected chi connectivity index (χ2v) is 7.42. The molecule has 0 fully saturated rings. The van der Waals surface area contributed by atoms with E-state index in [2.05, 4.69) is 0 Å². The van der Waals surface area contributed by atoms with Crippen LogP contribution in [0.25, 0.3) is 0 Å². The number of carboxylic acid groups (broad SMARTS) is 1. The number of amides is 1. The quantitative estimate of drug-likeness (QED) is 0.865. The Balaban J connectivity index is 3.22. The minimum atomic E-state index is -4.37. The number of sulfonamides is 1. The molecule has 0 radical (unpaired) electrons. The zero-order valence-corrected chi connectivity index (χ0v) is 14.1. The van der Waals surface area contributed by atoms with Crippen molar-refractivity contribution < 1.29 is 32.6 Å². The lowest BCUT2D eigenvalue weighted by molar-refractivity contribution is -0.137. The van der Waals surface area contributed by atoms with Crippen molar-refractivity contribution in [3.05, 3.63) is 24.3 Å². The van der Waals surface area contributed by atoms with E-state index in [0.29, 0.717) is 5.75 Å². The van der Waals surface area contributed by atoms with Gasteiger partial charge in [-0.3, -0.25) is 4.79 Å². The standard InChI is InChI=1S/C14H19NO7S/c1-14(2,3)22-13(18)15(9-12(16)17)23(19,20)11-7-5-10(21-4)6-8-11/h5-8H,9H2,1-4H3,(H,16,17). The molecule has 0 saturated carbocycles. The van der Waals surface area contributed by atoms with Gasteiger partial charge < -0.3 is 14.6 Å². The summed E-state index contributed by atoms with van der Waals surface area (Å²) >= 11 is 0. The topological polar surface area (TPSA) is 110 Å². The second kappa shape index (κ2) is 6.86. The van der Waals surface area contributed by atoms with Crippen LogP contribution in [-0.2, 0) is 19.6 Å². The molecule has 0 atom stereocenters. The van der Waals surface area contributed by atoms with E-state index in [-0.39, 0.29) is 9.20 Å². The lowest BCUT2D eigenvalue weighted by Gasteiger charge is -2.26. The van der Waals surface area contributed by atoms with Gasteiger partial charge in [-0.15, -0.1) is 0 Å².